The molecule has 5 heteroatoms. The molecule has 3 aromatic carbocycles. The second-order valence-corrected chi connectivity index (χ2v) is 7.22. The first kappa shape index (κ1) is 18.8. The number of imidazole rings is 1. The normalized spacial score (nSPS) is 11.4. The fourth-order valence-corrected chi connectivity index (χ4v) is 3.59. The van der Waals surface area contributed by atoms with Crippen LogP contribution in [0.5, 0.6) is 0 Å². The van der Waals surface area contributed by atoms with Gasteiger partial charge in [0, 0.05) is 11.1 Å². The molecule has 0 saturated heterocycles. The first-order valence-electron chi connectivity index (χ1n) is 9.90. The highest BCUT2D eigenvalue weighted by atomic mass is 19.1. The predicted octanol–water partition coefficient (Wildman–Crippen LogP) is 6.49. The Labute approximate surface area is 178 Å². The number of H-pyrrole nitrogens is 2. The molecule has 150 valence electrons. The van der Waals surface area contributed by atoms with E-state index >= 15 is 0 Å². The van der Waals surface area contributed by atoms with Crippen LogP contribution in [0.15, 0.2) is 91.6 Å². The Morgan fingerprint density at radius 1 is 0.968 bits per heavy atom. The highest BCUT2D eigenvalue weighted by Gasteiger charge is 2.14. The lowest BCUT2D eigenvalue weighted by Crippen LogP contribution is -1.85. The summed E-state index contributed by atoms with van der Waals surface area (Å²) in [6.45, 7) is 4.14. The lowest BCUT2D eigenvalue weighted by molar-refractivity contribution is 0.628. The smallest absolute Gasteiger partial charge is 0.157 e. The van der Waals surface area contributed by atoms with Gasteiger partial charge in [-0.2, -0.15) is 5.10 Å². The number of aromatic nitrogens is 4. The van der Waals surface area contributed by atoms with Crippen LogP contribution in [0.25, 0.3) is 45.3 Å². The number of rotatable bonds is 5. The molecule has 0 amide bonds. The van der Waals surface area contributed by atoms with Gasteiger partial charge in [0.15, 0.2) is 5.82 Å². The maximum absolute atomic E-state index is 13.8. The number of hydrogen-bond acceptors (Lipinski definition) is 2. The van der Waals surface area contributed by atoms with Crippen LogP contribution in [-0.2, 0) is 0 Å². The van der Waals surface area contributed by atoms with E-state index in [4.69, 9.17) is 4.98 Å². The van der Waals surface area contributed by atoms with Gasteiger partial charge in [-0.15, -0.1) is 0 Å². The summed E-state index contributed by atoms with van der Waals surface area (Å²) in [4.78, 5) is 8.15. The van der Waals surface area contributed by atoms with E-state index in [1.54, 1.807) is 12.3 Å². The van der Waals surface area contributed by atoms with Crippen molar-refractivity contribution in [2.75, 3.05) is 0 Å². The molecule has 5 rings (SSSR count). The van der Waals surface area contributed by atoms with Crippen LogP contribution in [0.3, 0.4) is 0 Å². The molecule has 0 aliphatic rings. The van der Waals surface area contributed by atoms with E-state index in [0.29, 0.717) is 5.82 Å². The van der Waals surface area contributed by atoms with Crippen LogP contribution in [0.4, 0.5) is 4.39 Å². The van der Waals surface area contributed by atoms with Gasteiger partial charge in [-0.05, 0) is 34.9 Å². The van der Waals surface area contributed by atoms with Gasteiger partial charge in [0.1, 0.15) is 11.5 Å². The van der Waals surface area contributed by atoms with Crippen molar-refractivity contribution >= 4 is 22.7 Å². The van der Waals surface area contributed by atoms with E-state index in [1.807, 2.05) is 66.7 Å². The molecule has 0 spiro atoms. The number of hydrogen-bond donors (Lipinski definition) is 2. The van der Waals surface area contributed by atoms with Crippen LogP contribution in [0.1, 0.15) is 11.1 Å². The highest BCUT2D eigenvalue weighted by Crippen LogP contribution is 2.30. The van der Waals surface area contributed by atoms with Crippen molar-refractivity contribution in [1.29, 1.82) is 0 Å². The van der Waals surface area contributed by atoms with Crippen LogP contribution < -0.4 is 0 Å². The van der Waals surface area contributed by atoms with Crippen LogP contribution in [0, 0.1) is 5.82 Å². The van der Waals surface area contributed by atoms with Gasteiger partial charge in [0.05, 0.1) is 17.2 Å². The van der Waals surface area contributed by atoms with Crippen molar-refractivity contribution < 1.29 is 4.39 Å². The third-order valence-electron chi connectivity index (χ3n) is 5.16. The zero-order valence-corrected chi connectivity index (χ0v) is 16.6. The minimum absolute atomic E-state index is 0.273. The Hall–Kier alpha value is -4.25. The molecule has 2 aromatic heterocycles. The van der Waals surface area contributed by atoms with Gasteiger partial charge in [-0.3, -0.25) is 5.10 Å². The summed E-state index contributed by atoms with van der Waals surface area (Å²) in [5, 5.41) is 7.23. The molecule has 31 heavy (non-hydrogen) atoms. The molecule has 0 atom stereocenters. The van der Waals surface area contributed by atoms with Crippen molar-refractivity contribution in [2.24, 2.45) is 0 Å². The summed E-state index contributed by atoms with van der Waals surface area (Å²) in [5.74, 6) is 0.395. The predicted molar refractivity (Wildman–Crippen MR) is 124 cm³/mol. The summed E-state index contributed by atoms with van der Waals surface area (Å²) < 4.78 is 13.8. The third kappa shape index (κ3) is 3.69. The van der Waals surface area contributed by atoms with Gasteiger partial charge in [-0.1, -0.05) is 73.3 Å². The van der Waals surface area contributed by atoms with E-state index in [1.165, 1.54) is 12.1 Å². The molecule has 0 radical (unpaired) electrons. The zero-order valence-electron chi connectivity index (χ0n) is 16.6. The first-order chi connectivity index (χ1) is 15.2. The van der Waals surface area contributed by atoms with E-state index in [0.717, 1.165) is 44.6 Å². The van der Waals surface area contributed by atoms with Crippen LogP contribution in [0.2, 0.25) is 0 Å². The number of nitrogens with zero attached hydrogens (tertiary/aromatic N) is 2. The molecule has 0 aliphatic carbocycles. The zero-order chi connectivity index (χ0) is 21.2. The summed E-state index contributed by atoms with van der Waals surface area (Å²) in [5.41, 5.74) is 6.94. The molecule has 5 aromatic rings. The second-order valence-electron chi connectivity index (χ2n) is 7.22. The number of para-hydroxylation sites is 1. The number of fused-ring (bicyclic) bond motifs is 1. The third-order valence-corrected chi connectivity index (χ3v) is 5.16. The summed E-state index contributed by atoms with van der Waals surface area (Å²) in [6.07, 6.45) is 5.68. The van der Waals surface area contributed by atoms with Gasteiger partial charge >= 0.3 is 0 Å². The standard InChI is InChI=1S/C26H19FN4/c1-17(18-7-3-2-4-8-18)13-14-20-16-28-31-24(20)26-29-23-12-6-11-22(25(23)30-26)19-9-5-10-21(27)15-19/h2-16H,1H2,(H,28,31)(H,29,30)/b14-13+. The molecule has 0 aliphatic heterocycles. The van der Waals surface area contributed by atoms with E-state index < -0.39 is 0 Å². The lowest BCUT2D eigenvalue weighted by Gasteiger charge is -2.02. The summed E-state index contributed by atoms with van der Waals surface area (Å²) in [7, 11) is 0. The SMILES string of the molecule is C=C(/C=C/c1cn[nH]c1-c1nc2c(-c3cccc(F)c3)cccc2[nH]1)c1ccccc1. The first-order valence-corrected chi connectivity index (χ1v) is 9.90. The maximum atomic E-state index is 13.8. The van der Waals surface area contributed by atoms with Crippen molar-refractivity contribution in [3.63, 3.8) is 0 Å². The molecule has 2 N–H and O–H groups in total. The molecule has 0 unspecified atom stereocenters. The number of aromatic amines is 2. The average molecular weight is 406 g/mol. The molecule has 4 nitrogen and oxygen atoms in total. The minimum atomic E-state index is -0.273. The van der Waals surface area contributed by atoms with Crippen molar-refractivity contribution in [2.45, 2.75) is 0 Å². The lowest BCUT2D eigenvalue weighted by atomic mass is 10.0. The molecule has 0 saturated carbocycles. The molecule has 0 fully saturated rings. The molecular weight excluding hydrogens is 387 g/mol. The van der Waals surface area contributed by atoms with E-state index in [-0.39, 0.29) is 5.82 Å². The maximum Gasteiger partial charge on any atom is 0.157 e. The van der Waals surface area contributed by atoms with Crippen LogP contribution >= 0.6 is 0 Å². The fourth-order valence-electron chi connectivity index (χ4n) is 3.59. The van der Waals surface area contributed by atoms with Gasteiger partial charge < -0.3 is 4.98 Å². The van der Waals surface area contributed by atoms with Gasteiger partial charge in [-0.25, -0.2) is 9.37 Å². The Kier molecular flexibility index (Phi) is 4.77. The number of benzene rings is 3. The van der Waals surface area contributed by atoms with Crippen LogP contribution in [-0.4, -0.2) is 20.2 Å². The second kappa shape index (κ2) is 7.88. The topological polar surface area (TPSA) is 57.4 Å². The van der Waals surface area contributed by atoms with Crippen molar-refractivity contribution in [3.05, 3.63) is 109 Å². The largest absolute Gasteiger partial charge is 0.337 e. The Bertz CT molecular complexity index is 1410. The monoisotopic (exact) mass is 406 g/mol. The Balaban J connectivity index is 1.52. The number of allylic oxidation sites excluding steroid dienone is 2. The Morgan fingerprint density at radius 2 is 1.81 bits per heavy atom. The molecular formula is C26H19FN4. The number of halogens is 1. The highest BCUT2D eigenvalue weighted by molar-refractivity contribution is 5.94. The average Bonchev–Trinajstić information content (AvgIpc) is 3.44. The van der Waals surface area contributed by atoms with Crippen molar-refractivity contribution in [3.8, 4) is 22.6 Å². The van der Waals surface area contributed by atoms with Gasteiger partial charge in [0.2, 0.25) is 0 Å². The molecule has 0 bridgehead atoms. The minimum Gasteiger partial charge on any atom is -0.337 e. The Morgan fingerprint density at radius 3 is 2.65 bits per heavy atom. The number of nitrogens with one attached hydrogen (secondary N) is 2. The molecule has 2 heterocycles. The van der Waals surface area contributed by atoms with E-state index in [9.17, 15) is 4.39 Å². The van der Waals surface area contributed by atoms with E-state index in [2.05, 4.69) is 21.8 Å². The fraction of sp³-hybridized carbons (Fsp3) is 0. The summed E-state index contributed by atoms with van der Waals surface area (Å²) in [6, 6.07) is 22.4. The van der Waals surface area contributed by atoms with Crippen molar-refractivity contribution in [1.82, 2.24) is 20.2 Å². The quantitative estimate of drug-likeness (QED) is 0.328. The summed E-state index contributed by atoms with van der Waals surface area (Å²) >= 11 is 0. The van der Waals surface area contributed by atoms with Gasteiger partial charge in [0.25, 0.3) is 0 Å².